The molecule has 0 bridgehead atoms. The molecule has 0 saturated heterocycles. The van der Waals surface area contributed by atoms with Crippen LogP contribution in [0.3, 0.4) is 0 Å². The Morgan fingerprint density at radius 3 is 2.55 bits per heavy atom. The lowest BCUT2D eigenvalue weighted by atomic mass is 10.1. The predicted octanol–water partition coefficient (Wildman–Crippen LogP) is 3.50. The molecule has 0 spiro atoms. The van der Waals surface area contributed by atoms with Crippen molar-refractivity contribution in [3.05, 3.63) is 72.6 Å². The van der Waals surface area contributed by atoms with Gasteiger partial charge in [-0.25, -0.2) is 0 Å². The topological polar surface area (TPSA) is 34.1 Å². The average Bonchev–Trinajstić information content (AvgIpc) is 2.52. The Labute approximate surface area is 120 Å². The number of hydrogen-bond donors (Lipinski definition) is 1. The van der Waals surface area contributed by atoms with Crippen molar-refractivity contribution in [3.63, 3.8) is 0 Å². The van der Waals surface area contributed by atoms with E-state index in [2.05, 4.69) is 35.9 Å². The van der Waals surface area contributed by atoms with Gasteiger partial charge in [-0.3, -0.25) is 4.98 Å². The lowest BCUT2D eigenvalue weighted by Crippen LogP contribution is -2.18. The van der Waals surface area contributed by atoms with Crippen molar-refractivity contribution in [2.45, 2.75) is 19.5 Å². The maximum Gasteiger partial charge on any atom is 0.119 e. The number of pyridine rings is 1. The van der Waals surface area contributed by atoms with E-state index in [4.69, 9.17) is 4.74 Å². The second-order valence-electron chi connectivity index (χ2n) is 4.63. The summed E-state index contributed by atoms with van der Waals surface area (Å²) in [5, 5.41) is 3.49. The molecule has 0 aliphatic carbocycles. The fourth-order valence-corrected chi connectivity index (χ4v) is 1.90. The van der Waals surface area contributed by atoms with Gasteiger partial charge in [0.05, 0.1) is 0 Å². The van der Waals surface area contributed by atoms with Gasteiger partial charge in [-0.2, -0.15) is 0 Å². The zero-order valence-corrected chi connectivity index (χ0v) is 11.8. The Balaban J connectivity index is 1.86. The van der Waals surface area contributed by atoms with Gasteiger partial charge >= 0.3 is 0 Å². The molecule has 1 N–H and O–H groups in total. The number of benzene rings is 1. The van der Waals surface area contributed by atoms with Crippen LogP contribution in [0.4, 0.5) is 0 Å². The molecule has 104 valence electrons. The molecular weight excluding hydrogens is 248 g/mol. The summed E-state index contributed by atoms with van der Waals surface area (Å²) in [6.45, 7) is 7.14. The van der Waals surface area contributed by atoms with Crippen LogP contribution < -0.4 is 10.1 Å². The molecule has 3 heteroatoms. The first-order chi connectivity index (χ1) is 9.79. The zero-order valence-electron chi connectivity index (χ0n) is 11.8. The van der Waals surface area contributed by atoms with E-state index in [1.54, 1.807) is 6.08 Å². The molecule has 0 fully saturated rings. The van der Waals surface area contributed by atoms with Crippen molar-refractivity contribution in [3.8, 4) is 5.75 Å². The summed E-state index contributed by atoms with van der Waals surface area (Å²) in [6.07, 6.45) is 5.38. The second-order valence-corrected chi connectivity index (χ2v) is 4.63. The number of ether oxygens (including phenoxy) is 1. The Kier molecular flexibility index (Phi) is 5.33. The lowest BCUT2D eigenvalue weighted by molar-refractivity contribution is 0.363. The first-order valence-corrected chi connectivity index (χ1v) is 6.75. The van der Waals surface area contributed by atoms with E-state index in [9.17, 15) is 0 Å². The lowest BCUT2D eigenvalue weighted by Gasteiger charge is -2.14. The maximum atomic E-state index is 5.46. The summed E-state index contributed by atoms with van der Waals surface area (Å²) in [6, 6.07) is 12.5. The molecule has 1 aromatic carbocycles. The van der Waals surface area contributed by atoms with Gasteiger partial charge in [-0.1, -0.05) is 24.8 Å². The molecule has 0 aliphatic rings. The van der Waals surface area contributed by atoms with Gasteiger partial charge in [-0.15, -0.1) is 0 Å². The standard InChI is InChI=1S/C17H20N2O/c1-3-12-20-17-6-4-15(5-7-17)13-19-14(2)16-8-10-18-11-9-16/h3-11,14,19H,1,12-13H2,2H3. The summed E-state index contributed by atoms with van der Waals surface area (Å²) in [4.78, 5) is 4.03. The third-order valence-corrected chi connectivity index (χ3v) is 3.11. The number of hydrogen-bond acceptors (Lipinski definition) is 3. The fourth-order valence-electron chi connectivity index (χ4n) is 1.90. The summed E-state index contributed by atoms with van der Waals surface area (Å²) < 4.78 is 5.46. The molecule has 2 aromatic rings. The quantitative estimate of drug-likeness (QED) is 0.780. The molecule has 0 radical (unpaired) electrons. The predicted molar refractivity (Wildman–Crippen MR) is 81.6 cm³/mol. The minimum atomic E-state index is 0.301. The molecule has 1 heterocycles. The molecular formula is C17H20N2O. The van der Waals surface area contributed by atoms with Crippen molar-refractivity contribution in [2.75, 3.05) is 6.61 Å². The molecule has 1 atom stereocenters. The van der Waals surface area contributed by atoms with Gasteiger partial charge in [-0.05, 0) is 42.3 Å². The van der Waals surface area contributed by atoms with Crippen LogP contribution in [0.2, 0.25) is 0 Å². The first kappa shape index (κ1) is 14.3. The van der Waals surface area contributed by atoms with Gasteiger partial charge in [0.2, 0.25) is 0 Å². The number of aromatic nitrogens is 1. The van der Waals surface area contributed by atoms with Crippen LogP contribution in [-0.4, -0.2) is 11.6 Å². The highest BCUT2D eigenvalue weighted by atomic mass is 16.5. The van der Waals surface area contributed by atoms with Gasteiger partial charge in [0.1, 0.15) is 12.4 Å². The van der Waals surface area contributed by atoms with E-state index in [1.807, 2.05) is 36.7 Å². The van der Waals surface area contributed by atoms with Crippen molar-refractivity contribution in [1.82, 2.24) is 10.3 Å². The van der Waals surface area contributed by atoms with E-state index in [-0.39, 0.29) is 0 Å². The molecule has 1 unspecified atom stereocenters. The van der Waals surface area contributed by atoms with Crippen LogP contribution in [0, 0.1) is 0 Å². The first-order valence-electron chi connectivity index (χ1n) is 6.75. The fraction of sp³-hybridized carbons (Fsp3) is 0.235. The Bertz CT molecular complexity index is 522. The van der Waals surface area contributed by atoms with Crippen LogP contribution in [0.1, 0.15) is 24.1 Å². The molecule has 0 amide bonds. The van der Waals surface area contributed by atoms with Gasteiger partial charge in [0.15, 0.2) is 0 Å². The largest absolute Gasteiger partial charge is 0.490 e. The van der Waals surface area contributed by atoms with Crippen LogP contribution >= 0.6 is 0 Å². The van der Waals surface area contributed by atoms with Crippen molar-refractivity contribution >= 4 is 0 Å². The average molecular weight is 268 g/mol. The van der Waals surface area contributed by atoms with Crippen LogP contribution in [0.5, 0.6) is 5.75 Å². The molecule has 1 aromatic heterocycles. The Morgan fingerprint density at radius 1 is 1.20 bits per heavy atom. The molecule has 0 saturated carbocycles. The Morgan fingerprint density at radius 2 is 1.90 bits per heavy atom. The van der Waals surface area contributed by atoms with Crippen molar-refractivity contribution in [1.29, 1.82) is 0 Å². The molecule has 2 rings (SSSR count). The summed E-state index contributed by atoms with van der Waals surface area (Å²) >= 11 is 0. The van der Waals surface area contributed by atoms with Crippen LogP contribution in [0.25, 0.3) is 0 Å². The van der Waals surface area contributed by atoms with E-state index in [0.717, 1.165) is 12.3 Å². The zero-order chi connectivity index (χ0) is 14.2. The normalized spacial score (nSPS) is 11.8. The van der Waals surface area contributed by atoms with Crippen molar-refractivity contribution < 1.29 is 4.74 Å². The highest BCUT2D eigenvalue weighted by molar-refractivity contribution is 5.27. The van der Waals surface area contributed by atoms with Crippen LogP contribution in [0.15, 0.2) is 61.4 Å². The van der Waals surface area contributed by atoms with Gasteiger partial charge in [0.25, 0.3) is 0 Å². The summed E-state index contributed by atoms with van der Waals surface area (Å²) in [5.41, 5.74) is 2.47. The summed E-state index contributed by atoms with van der Waals surface area (Å²) in [5.74, 6) is 0.871. The minimum absolute atomic E-state index is 0.301. The van der Waals surface area contributed by atoms with Gasteiger partial charge in [0, 0.05) is 25.0 Å². The monoisotopic (exact) mass is 268 g/mol. The Hall–Kier alpha value is -2.13. The number of nitrogens with zero attached hydrogens (tertiary/aromatic N) is 1. The highest BCUT2D eigenvalue weighted by Gasteiger charge is 2.04. The molecule has 0 aliphatic heterocycles. The van der Waals surface area contributed by atoms with Gasteiger partial charge < -0.3 is 10.1 Å². The van der Waals surface area contributed by atoms with E-state index in [0.29, 0.717) is 12.6 Å². The number of nitrogens with one attached hydrogen (secondary N) is 1. The number of rotatable bonds is 7. The third kappa shape index (κ3) is 4.21. The SMILES string of the molecule is C=CCOc1ccc(CNC(C)c2ccncc2)cc1. The molecule has 20 heavy (non-hydrogen) atoms. The maximum absolute atomic E-state index is 5.46. The summed E-state index contributed by atoms with van der Waals surface area (Å²) in [7, 11) is 0. The van der Waals surface area contributed by atoms with Crippen molar-refractivity contribution in [2.24, 2.45) is 0 Å². The van der Waals surface area contributed by atoms with Crippen LogP contribution in [-0.2, 0) is 6.54 Å². The third-order valence-electron chi connectivity index (χ3n) is 3.11. The smallest absolute Gasteiger partial charge is 0.119 e. The van der Waals surface area contributed by atoms with E-state index >= 15 is 0 Å². The van der Waals surface area contributed by atoms with E-state index in [1.165, 1.54) is 11.1 Å². The second kappa shape index (κ2) is 7.46. The highest BCUT2D eigenvalue weighted by Crippen LogP contribution is 2.14. The van der Waals surface area contributed by atoms with E-state index < -0.39 is 0 Å². The minimum Gasteiger partial charge on any atom is -0.490 e. The molecule has 3 nitrogen and oxygen atoms in total.